The van der Waals surface area contributed by atoms with Crippen LogP contribution in [0, 0.1) is 11.3 Å². The Bertz CT molecular complexity index is 519. The zero-order valence-electron chi connectivity index (χ0n) is 10.3. The van der Waals surface area contributed by atoms with Crippen molar-refractivity contribution in [3.05, 3.63) is 28.8 Å². The first kappa shape index (κ1) is 13.5. The van der Waals surface area contributed by atoms with E-state index in [1.807, 2.05) is 12.1 Å². The fourth-order valence-electron chi connectivity index (χ4n) is 2.25. The van der Waals surface area contributed by atoms with E-state index in [-0.39, 0.29) is 6.04 Å². The summed E-state index contributed by atoms with van der Waals surface area (Å²) in [6, 6.07) is 7.41. The number of anilines is 1. The van der Waals surface area contributed by atoms with E-state index in [9.17, 15) is 4.79 Å². The standard InChI is InChI=1S/C13H14ClN3O2/c14-12-7-11(2-1-9(12)8-15)17-5-3-10(4-6-17)16-13(18)19/h1-2,7,10,16H,3-6H2,(H,18,19). The third-order valence-corrected chi connectivity index (χ3v) is 3.57. The zero-order valence-corrected chi connectivity index (χ0v) is 11.0. The quantitative estimate of drug-likeness (QED) is 0.872. The number of nitrogens with one attached hydrogen (secondary N) is 1. The van der Waals surface area contributed by atoms with Crippen LogP contribution in [0.1, 0.15) is 18.4 Å². The van der Waals surface area contributed by atoms with Crippen molar-refractivity contribution in [1.29, 1.82) is 5.26 Å². The van der Waals surface area contributed by atoms with Crippen LogP contribution in [-0.2, 0) is 0 Å². The van der Waals surface area contributed by atoms with Crippen LogP contribution >= 0.6 is 11.6 Å². The minimum Gasteiger partial charge on any atom is -0.465 e. The third-order valence-electron chi connectivity index (χ3n) is 3.26. The number of carboxylic acid groups (broad SMARTS) is 1. The molecule has 2 N–H and O–H groups in total. The number of carbonyl (C=O) groups is 1. The van der Waals surface area contributed by atoms with Gasteiger partial charge < -0.3 is 15.3 Å². The number of hydrogen-bond donors (Lipinski definition) is 2. The molecule has 0 atom stereocenters. The summed E-state index contributed by atoms with van der Waals surface area (Å²) in [5, 5.41) is 20.5. The van der Waals surface area contributed by atoms with Gasteiger partial charge in [0.05, 0.1) is 10.6 Å². The molecular weight excluding hydrogens is 266 g/mol. The number of piperidine rings is 1. The second-order valence-corrected chi connectivity index (χ2v) is 4.89. The first-order chi connectivity index (χ1) is 9.10. The molecule has 1 aliphatic rings. The van der Waals surface area contributed by atoms with E-state index >= 15 is 0 Å². The van der Waals surface area contributed by atoms with Gasteiger partial charge >= 0.3 is 6.09 Å². The molecule has 1 aliphatic heterocycles. The van der Waals surface area contributed by atoms with Crippen LogP contribution in [0.5, 0.6) is 0 Å². The summed E-state index contributed by atoms with van der Waals surface area (Å²) in [6.07, 6.45) is 0.563. The van der Waals surface area contributed by atoms with Crippen LogP contribution in [0.25, 0.3) is 0 Å². The molecule has 2 rings (SSSR count). The molecule has 1 aromatic rings. The molecule has 0 bridgehead atoms. The monoisotopic (exact) mass is 279 g/mol. The molecule has 1 amide bonds. The van der Waals surface area contributed by atoms with Gasteiger partial charge in [0.1, 0.15) is 6.07 Å². The Hall–Kier alpha value is -1.93. The molecule has 1 aromatic carbocycles. The van der Waals surface area contributed by atoms with Crippen LogP contribution < -0.4 is 10.2 Å². The van der Waals surface area contributed by atoms with Crippen molar-refractivity contribution >= 4 is 23.4 Å². The van der Waals surface area contributed by atoms with Crippen molar-refractivity contribution in [2.75, 3.05) is 18.0 Å². The lowest BCUT2D eigenvalue weighted by Crippen LogP contribution is -2.44. The summed E-state index contributed by atoms with van der Waals surface area (Å²) < 4.78 is 0. The average molecular weight is 280 g/mol. The first-order valence-electron chi connectivity index (χ1n) is 6.04. The number of nitrogens with zero attached hydrogens (tertiary/aromatic N) is 2. The van der Waals surface area contributed by atoms with Gasteiger partial charge in [0.2, 0.25) is 0 Å². The van der Waals surface area contributed by atoms with Crippen molar-refractivity contribution < 1.29 is 9.90 Å². The molecule has 0 unspecified atom stereocenters. The Balaban J connectivity index is 2.00. The minimum absolute atomic E-state index is 0.0163. The Morgan fingerprint density at radius 3 is 2.68 bits per heavy atom. The molecular formula is C13H14ClN3O2. The fraction of sp³-hybridized carbons (Fsp3) is 0.385. The summed E-state index contributed by atoms with van der Waals surface area (Å²) in [7, 11) is 0. The van der Waals surface area contributed by atoms with Gasteiger partial charge in [-0.3, -0.25) is 0 Å². The van der Waals surface area contributed by atoms with Crippen molar-refractivity contribution in [3.8, 4) is 6.07 Å². The van der Waals surface area contributed by atoms with E-state index in [1.165, 1.54) is 0 Å². The third kappa shape index (κ3) is 3.30. The van der Waals surface area contributed by atoms with Gasteiger partial charge in [0.15, 0.2) is 0 Å². The Labute approximate surface area is 116 Å². The van der Waals surface area contributed by atoms with E-state index in [0.29, 0.717) is 10.6 Å². The van der Waals surface area contributed by atoms with E-state index in [1.54, 1.807) is 12.1 Å². The lowest BCUT2D eigenvalue weighted by Gasteiger charge is -2.33. The van der Waals surface area contributed by atoms with Crippen LogP contribution in [0.15, 0.2) is 18.2 Å². The summed E-state index contributed by atoms with van der Waals surface area (Å²) in [5.74, 6) is 0. The Morgan fingerprint density at radius 2 is 2.16 bits per heavy atom. The molecule has 1 saturated heterocycles. The average Bonchev–Trinajstić information content (AvgIpc) is 2.39. The second-order valence-electron chi connectivity index (χ2n) is 4.49. The smallest absolute Gasteiger partial charge is 0.404 e. The van der Waals surface area contributed by atoms with Gasteiger partial charge in [-0.25, -0.2) is 4.79 Å². The van der Waals surface area contributed by atoms with E-state index < -0.39 is 6.09 Å². The molecule has 100 valence electrons. The molecule has 0 aromatic heterocycles. The molecule has 0 spiro atoms. The topological polar surface area (TPSA) is 76.4 Å². The zero-order chi connectivity index (χ0) is 13.8. The summed E-state index contributed by atoms with van der Waals surface area (Å²) in [5.41, 5.74) is 1.44. The van der Waals surface area contributed by atoms with Crippen molar-refractivity contribution in [2.45, 2.75) is 18.9 Å². The van der Waals surface area contributed by atoms with Crippen molar-refractivity contribution in [2.24, 2.45) is 0 Å². The van der Waals surface area contributed by atoms with E-state index in [2.05, 4.69) is 10.2 Å². The Kier molecular flexibility index (Phi) is 4.13. The predicted molar refractivity (Wildman–Crippen MR) is 72.6 cm³/mol. The maximum Gasteiger partial charge on any atom is 0.404 e. The molecule has 6 heteroatoms. The van der Waals surface area contributed by atoms with Crippen LogP contribution in [-0.4, -0.2) is 30.3 Å². The van der Waals surface area contributed by atoms with E-state index in [4.69, 9.17) is 22.0 Å². The molecule has 5 nitrogen and oxygen atoms in total. The molecule has 0 radical (unpaired) electrons. The maximum absolute atomic E-state index is 10.6. The molecule has 0 aliphatic carbocycles. The van der Waals surface area contributed by atoms with Gasteiger partial charge in [0, 0.05) is 24.8 Å². The van der Waals surface area contributed by atoms with Crippen LogP contribution in [0.3, 0.4) is 0 Å². The van der Waals surface area contributed by atoms with Gasteiger partial charge in [-0.1, -0.05) is 11.6 Å². The van der Waals surface area contributed by atoms with Crippen molar-refractivity contribution in [1.82, 2.24) is 5.32 Å². The highest BCUT2D eigenvalue weighted by Gasteiger charge is 2.20. The Morgan fingerprint density at radius 1 is 1.47 bits per heavy atom. The molecule has 1 fully saturated rings. The number of hydrogen-bond acceptors (Lipinski definition) is 3. The highest BCUT2D eigenvalue weighted by molar-refractivity contribution is 6.32. The predicted octanol–water partition coefficient (Wildman–Crippen LogP) is 2.45. The van der Waals surface area contributed by atoms with Gasteiger partial charge in [0.25, 0.3) is 0 Å². The number of benzene rings is 1. The number of amides is 1. The summed E-state index contributed by atoms with van der Waals surface area (Å²) in [4.78, 5) is 12.7. The number of rotatable bonds is 2. The molecule has 19 heavy (non-hydrogen) atoms. The molecule has 0 saturated carbocycles. The van der Waals surface area contributed by atoms with Gasteiger partial charge in [-0.05, 0) is 31.0 Å². The van der Waals surface area contributed by atoms with Crippen molar-refractivity contribution in [3.63, 3.8) is 0 Å². The normalized spacial score (nSPS) is 15.9. The SMILES string of the molecule is N#Cc1ccc(N2CCC(NC(=O)O)CC2)cc1Cl. The second kappa shape index (κ2) is 5.81. The minimum atomic E-state index is -0.972. The number of nitriles is 1. The maximum atomic E-state index is 10.6. The molecule has 1 heterocycles. The lowest BCUT2D eigenvalue weighted by molar-refractivity contribution is 0.187. The van der Waals surface area contributed by atoms with Crippen LogP contribution in [0.2, 0.25) is 5.02 Å². The lowest BCUT2D eigenvalue weighted by atomic mass is 10.0. The highest BCUT2D eigenvalue weighted by atomic mass is 35.5. The number of halogens is 1. The largest absolute Gasteiger partial charge is 0.465 e. The van der Waals surface area contributed by atoms with Crippen LogP contribution in [0.4, 0.5) is 10.5 Å². The highest BCUT2D eigenvalue weighted by Crippen LogP contribution is 2.25. The summed E-state index contributed by atoms with van der Waals surface area (Å²) in [6.45, 7) is 1.54. The summed E-state index contributed by atoms with van der Waals surface area (Å²) >= 11 is 6.01. The van der Waals surface area contributed by atoms with Gasteiger partial charge in [-0.15, -0.1) is 0 Å². The fourth-order valence-corrected chi connectivity index (χ4v) is 2.47. The van der Waals surface area contributed by atoms with Gasteiger partial charge in [-0.2, -0.15) is 5.26 Å². The first-order valence-corrected chi connectivity index (χ1v) is 6.42. The van der Waals surface area contributed by atoms with E-state index in [0.717, 1.165) is 31.6 Å².